The van der Waals surface area contributed by atoms with Gasteiger partial charge in [0, 0.05) is 18.0 Å². The van der Waals surface area contributed by atoms with E-state index in [0.29, 0.717) is 11.4 Å². The van der Waals surface area contributed by atoms with Crippen molar-refractivity contribution in [1.82, 2.24) is 14.8 Å². The van der Waals surface area contributed by atoms with Gasteiger partial charge in [-0.05, 0) is 34.7 Å². The fraction of sp³-hybridized carbons (Fsp3) is 0. The summed E-state index contributed by atoms with van der Waals surface area (Å²) in [7, 11) is 0. The highest BCUT2D eigenvalue weighted by Crippen LogP contribution is 2.09. The first-order valence-electron chi connectivity index (χ1n) is 4.35. The second kappa shape index (κ2) is 4.47. The molecule has 82 valence electrons. The van der Waals surface area contributed by atoms with Crippen molar-refractivity contribution in [2.24, 2.45) is 10.9 Å². The zero-order valence-electron chi connectivity index (χ0n) is 8.08. The van der Waals surface area contributed by atoms with E-state index in [4.69, 9.17) is 10.9 Å². The normalized spacial score (nSPS) is 11.7. The van der Waals surface area contributed by atoms with Crippen LogP contribution in [0.2, 0.25) is 0 Å². The maximum atomic E-state index is 8.57. The first kappa shape index (κ1) is 10.9. The molecule has 0 aliphatic carbocycles. The summed E-state index contributed by atoms with van der Waals surface area (Å²) in [4.78, 5) is 4.14. The Kier molecular flexibility index (Phi) is 3.04. The molecule has 0 spiro atoms. The van der Waals surface area contributed by atoms with E-state index in [1.807, 2.05) is 6.20 Å². The van der Waals surface area contributed by atoms with Gasteiger partial charge in [0.1, 0.15) is 0 Å². The predicted molar refractivity (Wildman–Crippen MR) is 66.6 cm³/mol. The van der Waals surface area contributed by atoms with Crippen LogP contribution in [0.3, 0.4) is 0 Å². The van der Waals surface area contributed by atoms with E-state index in [0.717, 1.165) is 3.57 Å². The summed E-state index contributed by atoms with van der Waals surface area (Å²) in [5, 5.41) is 15.6. The number of oxime groups is 1. The molecular weight excluding hydrogens is 321 g/mol. The summed E-state index contributed by atoms with van der Waals surface area (Å²) in [5.74, 6) is 0.664. The van der Waals surface area contributed by atoms with Crippen molar-refractivity contribution >= 4 is 28.4 Å². The molecule has 3 N–H and O–H groups in total. The molecule has 0 saturated carbocycles. The zero-order valence-corrected chi connectivity index (χ0v) is 10.2. The van der Waals surface area contributed by atoms with Crippen LogP contribution in [0.4, 0.5) is 0 Å². The Bertz CT molecular complexity index is 536. The Balaban J connectivity index is 2.43. The molecule has 0 aliphatic heterocycles. The van der Waals surface area contributed by atoms with Gasteiger partial charge in [-0.1, -0.05) is 5.16 Å². The molecule has 0 fully saturated rings. The quantitative estimate of drug-likeness (QED) is 0.282. The first-order valence-corrected chi connectivity index (χ1v) is 5.43. The Labute approximate surface area is 105 Å². The Morgan fingerprint density at radius 1 is 1.56 bits per heavy atom. The average molecular weight is 329 g/mol. The van der Waals surface area contributed by atoms with Crippen LogP contribution in [0.15, 0.2) is 35.9 Å². The number of hydrogen-bond acceptors (Lipinski definition) is 4. The summed E-state index contributed by atoms with van der Waals surface area (Å²) in [6, 6.07) is 3.35. The van der Waals surface area contributed by atoms with Gasteiger partial charge in [0.15, 0.2) is 11.7 Å². The molecule has 0 unspecified atom stereocenters. The number of nitrogens with two attached hydrogens (primary N) is 1. The van der Waals surface area contributed by atoms with Gasteiger partial charge >= 0.3 is 0 Å². The maximum absolute atomic E-state index is 8.57. The number of rotatable bonds is 2. The van der Waals surface area contributed by atoms with Crippen LogP contribution in [-0.4, -0.2) is 25.8 Å². The van der Waals surface area contributed by atoms with Crippen LogP contribution in [0.5, 0.6) is 0 Å². The summed E-state index contributed by atoms with van der Waals surface area (Å²) < 4.78 is 2.63. The largest absolute Gasteiger partial charge is 0.409 e. The Morgan fingerprint density at radius 3 is 3.00 bits per heavy atom. The monoisotopic (exact) mass is 329 g/mol. The van der Waals surface area contributed by atoms with E-state index in [2.05, 4.69) is 37.8 Å². The number of pyridine rings is 1. The molecule has 2 rings (SSSR count). The molecule has 2 aromatic heterocycles. The fourth-order valence-electron chi connectivity index (χ4n) is 1.19. The third-order valence-electron chi connectivity index (χ3n) is 1.93. The number of nitrogens with zero attached hydrogens (tertiary/aromatic N) is 4. The number of amidine groups is 1. The molecule has 2 aromatic rings. The lowest BCUT2D eigenvalue weighted by Crippen LogP contribution is -2.14. The van der Waals surface area contributed by atoms with Gasteiger partial charge in [0.2, 0.25) is 0 Å². The lowest BCUT2D eigenvalue weighted by Gasteiger charge is -2.02. The van der Waals surface area contributed by atoms with E-state index in [9.17, 15) is 0 Å². The van der Waals surface area contributed by atoms with Crippen molar-refractivity contribution in [3.05, 3.63) is 39.9 Å². The standard InChI is InChI=1S/C9H8IN5O/c10-7-4-13-15(5-7)8-3-6(1-2-12-8)9(11)14-16/h1-5,16H,(H2,11,14). The number of aromatic nitrogens is 3. The van der Waals surface area contributed by atoms with E-state index in [1.165, 1.54) is 0 Å². The molecule has 0 aliphatic rings. The van der Waals surface area contributed by atoms with Gasteiger partial charge in [0.05, 0.1) is 9.77 Å². The molecule has 6 nitrogen and oxygen atoms in total. The smallest absolute Gasteiger partial charge is 0.170 e. The molecule has 2 heterocycles. The number of hydrogen-bond donors (Lipinski definition) is 2. The van der Waals surface area contributed by atoms with Crippen LogP contribution >= 0.6 is 22.6 Å². The molecule has 7 heteroatoms. The third kappa shape index (κ3) is 2.13. The minimum Gasteiger partial charge on any atom is -0.409 e. The van der Waals surface area contributed by atoms with Crippen molar-refractivity contribution in [3.63, 3.8) is 0 Å². The van der Waals surface area contributed by atoms with Crippen molar-refractivity contribution in [2.45, 2.75) is 0 Å². The van der Waals surface area contributed by atoms with Crippen molar-refractivity contribution in [2.75, 3.05) is 0 Å². The van der Waals surface area contributed by atoms with Gasteiger partial charge in [-0.3, -0.25) is 0 Å². The predicted octanol–water partition coefficient (Wildman–Crippen LogP) is 0.966. The van der Waals surface area contributed by atoms with Gasteiger partial charge in [-0.2, -0.15) is 5.10 Å². The summed E-state index contributed by atoms with van der Waals surface area (Å²) in [5.41, 5.74) is 6.08. The highest BCUT2D eigenvalue weighted by molar-refractivity contribution is 14.1. The van der Waals surface area contributed by atoms with Crippen LogP contribution in [0.1, 0.15) is 5.56 Å². The van der Waals surface area contributed by atoms with E-state index >= 15 is 0 Å². The van der Waals surface area contributed by atoms with E-state index in [1.54, 1.807) is 29.2 Å². The molecule has 0 amide bonds. The highest BCUT2D eigenvalue weighted by Gasteiger charge is 2.04. The van der Waals surface area contributed by atoms with Crippen molar-refractivity contribution in [3.8, 4) is 5.82 Å². The van der Waals surface area contributed by atoms with Gasteiger partial charge in [0.25, 0.3) is 0 Å². The van der Waals surface area contributed by atoms with Crippen LogP contribution in [-0.2, 0) is 0 Å². The van der Waals surface area contributed by atoms with Crippen LogP contribution < -0.4 is 5.73 Å². The summed E-state index contributed by atoms with van der Waals surface area (Å²) in [6.45, 7) is 0. The topological polar surface area (TPSA) is 89.3 Å². The van der Waals surface area contributed by atoms with Crippen LogP contribution in [0, 0.1) is 3.57 Å². The van der Waals surface area contributed by atoms with Gasteiger partial charge < -0.3 is 10.9 Å². The molecule has 16 heavy (non-hydrogen) atoms. The highest BCUT2D eigenvalue weighted by atomic mass is 127. The zero-order chi connectivity index (χ0) is 11.5. The van der Waals surface area contributed by atoms with Gasteiger partial charge in [-0.15, -0.1) is 0 Å². The summed E-state index contributed by atoms with van der Waals surface area (Å²) in [6.07, 6.45) is 5.13. The maximum Gasteiger partial charge on any atom is 0.170 e. The molecular formula is C9H8IN5O. The lowest BCUT2D eigenvalue weighted by atomic mass is 10.2. The van der Waals surface area contributed by atoms with Crippen molar-refractivity contribution in [1.29, 1.82) is 0 Å². The molecule has 0 atom stereocenters. The second-order valence-corrected chi connectivity index (χ2v) is 4.24. The molecule has 0 saturated heterocycles. The van der Waals surface area contributed by atoms with E-state index in [-0.39, 0.29) is 5.84 Å². The molecule has 0 radical (unpaired) electrons. The first-order chi connectivity index (χ1) is 7.70. The minimum atomic E-state index is 0.0468. The third-order valence-corrected chi connectivity index (χ3v) is 2.49. The Morgan fingerprint density at radius 2 is 2.38 bits per heavy atom. The number of halogens is 1. The van der Waals surface area contributed by atoms with E-state index < -0.39 is 0 Å². The fourth-order valence-corrected chi connectivity index (χ4v) is 1.58. The minimum absolute atomic E-state index is 0.0468. The molecule has 0 aromatic carbocycles. The lowest BCUT2D eigenvalue weighted by molar-refractivity contribution is 0.318. The summed E-state index contributed by atoms with van der Waals surface area (Å²) >= 11 is 2.16. The second-order valence-electron chi connectivity index (χ2n) is 2.99. The SMILES string of the molecule is NC(=NO)c1ccnc(-n2cc(I)cn2)c1. The van der Waals surface area contributed by atoms with Gasteiger partial charge in [-0.25, -0.2) is 9.67 Å². The molecule has 0 bridgehead atoms. The Hall–Kier alpha value is -1.64. The average Bonchev–Trinajstić information content (AvgIpc) is 2.75. The van der Waals surface area contributed by atoms with Crippen molar-refractivity contribution < 1.29 is 5.21 Å². The van der Waals surface area contributed by atoms with Crippen LogP contribution in [0.25, 0.3) is 5.82 Å².